The minimum absolute atomic E-state index is 0.0220. The Bertz CT molecular complexity index is 708. The molecule has 0 amide bonds. The van der Waals surface area contributed by atoms with E-state index in [2.05, 4.69) is 4.98 Å². The molecule has 3 rings (SSSR count). The Morgan fingerprint density at radius 3 is 2.87 bits per heavy atom. The standard InChI is InChI=1S/C11H9N3O/c1-13-10-8(4-2-6-12-10)14-7-3-5-9(14)11(13)15/h2-7H,1H3. The molecular formula is C11H9N3O. The summed E-state index contributed by atoms with van der Waals surface area (Å²) in [6.45, 7) is 0. The van der Waals surface area contributed by atoms with Crippen molar-refractivity contribution in [1.29, 1.82) is 0 Å². The zero-order valence-corrected chi connectivity index (χ0v) is 8.21. The third-order valence-corrected chi connectivity index (χ3v) is 2.62. The van der Waals surface area contributed by atoms with Crippen molar-refractivity contribution in [2.45, 2.75) is 0 Å². The van der Waals surface area contributed by atoms with Crippen LogP contribution < -0.4 is 5.56 Å². The first kappa shape index (κ1) is 8.23. The minimum Gasteiger partial charge on any atom is -0.309 e. The van der Waals surface area contributed by atoms with Gasteiger partial charge < -0.3 is 4.40 Å². The normalized spacial score (nSPS) is 11.3. The van der Waals surface area contributed by atoms with Crippen LogP contribution in [0, 0.1) is 0 Å². The monoisotopic (exact) mass is 199 g/mol. The molecule has 0 atom stereocenters. The Labute approximate surface area is 85.4 Å². The SMILES string of the molecule is Cn1c(=O)c2cccn2c2cccnc21. The first-order valence-corrected chi connectivity index (χ1v) is 4.70. The molecule has 4 nitrogen and oxygen atoms in total. The quantitative estimate of drug-likeness (QED) is 0.545. The molecular weight excluding hydrogens is 190 g/mol. The zero-order chi connectivity index (χ0) is 10.4. The number of hydrogen-bond donors (Lipinski definition) is 0. The Balaban J connectivity index is 2.77. The van der Waals surface area contributed by atoms with Crippen LogP contribution >= 0.6 is 0 Å². The van der Waals surface area contributed by atoms with E-state index in [4.69, 9.17) is 0 Å². The molecule has 3 heterocycles. The lowest BCUT2D eigenvalue weighted by Crippen LogP contribution is -2.20. The van der Waals surface area contributed by atoms with Crippen molar-refractivity contribution >= 4 is 16.7 Å². The van der Waals surface area contributed by atoms with Crippen LogP contribution in [-0.4, -0.2) is 14.0 Å². The van der Waals surface area contributed by atoms with Crippen LogP contribution in [0.4, 0.5) is 0 Å². The van der Waals surface area contributed by atoms with Crippen LogP contribution in [0.25, 0.3) is 16.7 Å². The summed E-state index contributed by atoms with van der Waals surface area (Å²) in [7, 11) is 1.74. The summed E-state index contributed by atoms with van der Waals surface area (Å²) in [5.41, 5.74) is 2.30. The van der Waals surface area contributed by atoms with E-state index in [-0.39, 0.29) is 5.56 Å². The van der Waals surface area contributed by atoms with E-state index in [9.17, 15) is 4.79 Å². The molecule has 3 aromatic rings. The highest BCUT2D eigenvalue weighted by Crippen LogP contribution is 2.11. The van der Waals surface area contributed by atoms with E-state index in [0.29, 0.717) is 11.2 Å². The van der Waals surface area contributed by atoms with Gasteiger partial charge in [-0.15, -0.1) is 0 Å². The minimum atomic E-state index is -0.0220. The predicted octanol–water partition coefficient (Wildman–Crippen LogP) is 1.19. The highest BCUT2D eigenvalue weighted by molar-refractivity contribution is 5.75. The van der Waals surface area contributed by atoms with Crippen LogP contribution in [0.2, 0.25) is 0 Å². The fourth-order valence-corrected chi connectivity index (χ4v) is 1.87. The lowest BCUT2D eigenvalue weighted by molar-refractivity contribution is 0.881. The summed E-state index contributed by atoms with van der Waals surface area (Å²) in [5.74, 6) is 0. The van der Waals surface area contributed by atoms with Gasteiger partial charge in [0.05, 0.1) is 5.52 Å². The maximum atomic E-state index is 11.9. The van der Waals surface area contributed by atoms with Crippen LogP contribution in [0.5, 0.6) is 0 Å². The molecule has 0 aromatic carbocycles. The summed E-state index contributed by atoms with van der Waals surface area (Å²) in [4.78, 5) is 16.1. The molecule has 3 aromatic heterocycles. The molecule has 0 radical (unpaired) electrons. The number of nitrogens with zero attached hydrogens (tertiary/aromatic N) is 3. The van der Waals surface area contributed by atoms with Gasteiger partial charge in [-0.25, -0.2) is 4.98 Å². The van der Waals surface area contributed by atoms with Gasteiger partial charge in [-0.3, -0.25) is 9.36 Å². The molecule has 0 aliphatic rings. The molecule has 15 heavy (non-hydrogen) atoms. The van der Waals surface area contributed by atoms with E-state index >= 15 is 0 Å². The Kier molecular flexibility index (Phi) is 1.48. The van der Waals surface area contributed by atoms with Gasteiger partial charge in [0.25, 0.3) is 5.56 Å². The third-order valence-electron chi connectivity index (χ3n) is 2.62. The number of pyridine rings is 1. The largest absolute Gasteiger partial charge is 0.309 e. The van der Waals surface area contributed by atoms with Crippen molar-refractivity contribution in [2.24, 2.45) is 7.05 Å². The lowest BCUT2D eigenvalue weighted by Gasteiger charge is -2.06. The Morgan fingerprint density at radius 1 is 1.20 bits per heavy atom. The zero-order valence-electron chi connectivity index (χ0n) is 8.21. The van der Waals surface area contributed by atoms with Gasteiger partial charge in [0.15, 0.2) is 5.65 Å². The first-order valence-electron chi connectivity index (χ1n) is 4.70. The Morgan fingerprint density at radius 2 is 2.00 bits per heavy atom. The molecule has 0 N–H and O–H groups in total. The Hall–Kier alpha value is -2.10. The van der Waals surface area contributed by atoms with E-state index in [0.717, 1.165) is 5.52 Å². The maximum absolute atomic E-state index is 11.9. The van der Waals surface area contributed by atoms with Gasteiger partial charge in [0.2, 0.25) is 0 Å². The molecule has 0 bridgehead atoms. The molecule has 0 saturated carbocycles. The van der Waals surface area contributed by atoms with Crippen molar-refractivity contribution < 1.29 is 0 Å². The summed E-state index contributed by atoms with van der Waals surface area (Å²) >= 11 is 0. The second-order valence-corrected chi connectivity index (χ2v) is 3.47. The number of hydrogen-bond acceptors (Lipinski definition) is 2. The van der Waals surface area contributed by atoms with Gasteiger partial charge in [-0.1, -0.05) is 0 Å². The molecule has 0 aliphatic carbocycles. The third kappa shape index (κ3) is 0.958. The van der Waals surface area contributed by atoms with E-state index in [1.54, 1.807) is 17.8 Å². The van der Waals surface area contributed by atoms with Gasteiger partial charge in [0, 0.05) is 19.4 Å². The van der Waals surface area contributed by atoms with Crippen molar-refractivity contribution in [3.05, 3.63) is 47.0 Å². The highest BCUT2D eigenvalue weighted by Gasteiger charge is 2.07. The van der Waals surface area contributed by atoms with Gasteiger partial charge in [0.1, 0.15) is 5.52 Å². The van der Waals surface area contributed by atoms with E-state index in [1.165, 1.54) is 0 Å². The van der Waals surface area contributed by atoms with E-state index in [1.807, 2.05) is 34.9 Å². The summed E-state index contributed by atoms with van der Waals surface area (Å²) < 4.78 is 3.44. The summed E-state index contributed by atoms with van der Waals surface area (Å²) in [5, 5.41) is 0. The molecule has 74 valence electrons. The van der Waals surface area contributed by atoms with Crippen molar-refractivity contribution in [2.75, 3.05) is 0 Å². The van der Waals surface area contributed by atoms with Crippen LogP contribution in [0.3, 0.4) is 0 Å². The lowest BCUT2D eigenvalue weighted by atomic mass is 10.4. The van der Waals surface area contributed by atoms with Crippen LogP contribution in [0.1, 0.15) is 0 Å². The predicted molar refractivity (Wildman–Crippen MR) is 57.9 cm³/mol. The molecule has 0 spiro atoms. The van der Waals surface area contributed by atoms with Crippen molar-refractivity contribution in [3.8, 4) is 0 Å². The topological polar surface area (TPSA) is 39.3 Å². The number of aryl methyl sites for hydroxylation is 1. The summed E-state index contributed by atoms with van der Waals surface area (Å²) in [6, 6.07) is 7.50. The number of rotatable bonds is 0. The molecule has 0 fully saturated rings. The molecule has 0 unspecified atom stereocenters. The number of aromatic nitrogens is 3. The second-order valence-electron chi connectivity index (χ2n) is 3.47. The average molecular weight is 199 g/mol. The van der Waals surface area contributed by atoms with Crippen molar-refractivity contribution in [3.63, 3.8) is 0 Å². The first-order chi connectivity index (χ1) is 7.29. The second kappa shape index (κ2) is 2.70. The maximum Gasteiger partial charge on any atom is 0.276 e. The van der Waals surface area contributed by atoms with Gasteiger partial charge in [-0.05, 0) is 24.3 Å². The van der Waals surface area contributed by atoms with Crippen molar-refractivity contribution in [1.82, 2.24) is 14.0 Å². The van der Waals surface area contributed by atoms with Crippen LogP contribution in [-0.2, 0) is 7.05 Å². The van der Waals surface area contributed by atoms with Gasteiger partial charge >= 0.3 is 0 Å². The van der Waals surface area contributed by atoms with Crippen LogP contribution in [0.15, 0.2) is 41.5 Å². The van der Waals surface area contributed by atoms with Gasteiger partial charge in [-0.2, -0.15) is 0 Å². The fourth-order valence-electron chi connectivity index (χ4n) is 1.87. The molecule has 0 aliphatic heterocycles. The molecule has 0 saturated heterocycles. The van der Waals surface area contributed by atoms with E-state index < -0.39 is 0 Å². The fraction of sp³-hybridized carbons (Fsp3) is 0.0909. The number of fused-ring (bicyclic) bond motifs is 3. The average Bonchev–Trinajstić information content (AvgIpc) is 2.75. The highest BCUT2D eigenvalue weighted by atomic mass is 16.1. The smallest absolute Gasteiger partial charge is 0.276 e. The summed E-state index contributed by atoms with van der Waals surface area (Å²) in [6.07, 6.45) is 3.57. The molecule has 4 heteroatoms.